The maximum Gasteiger partial charge on any atom is 0.318 e. The number of carbonyl (C=O) groups is 1. The summed E-state index contributed by atoms with van der Waals surface area (Å²) in [6.07, 6.45) is 1.89. The largest absolute Gasteiger partial charge is 0.399 e. The van der Waals surface area contributed by atoms with Gasteiger partial charge in [0.15, 0.2) is 4.34 Å². The van der Waals surface area contributed by atoms with Crippen molar-refractivity contribution >= 4 is 40.2 Å². The Morgan fingerprint density at radius 3 is 2.75 bits per heavy atom. The number of aromatic nitrogens is 4. The number of anilines is 2. The summed E-state index contributed by atoms with van der Waals surface area (Å²) < 4.78 is 6.19. The SMILES string of the molecule is CSc1nnc(NC(=O)c2nnc(N(C)Cc3ccccc3)o2)s1. The number of thioether (sulfide) groups is 1. The van der Waals surface area contributed by atoms with Crippen molar-refractivity contribution in [3.8, 4) is 0 Å². The number of hydrogen-bond acceptors (Lipinski definition) is 9. The standard InChI is InChI=1S/C14H14N6O2S2/c1-20(8-9-6-4-3-5-7-9)13-18-16-11(22-13)10(21)15-12-17-19-14(23-2)24-12/h3-7H,8H2,1-2H3,(H,15,17,21). The normalized spacial score (nSPS) is 10.6. The van der Waals surface area contributed by atoms with Crippen LogP contribution >= 0.6 is 23.1 Å². The first-order valence-electron chi connectivity index (χ1n) is 6.93. The molecule has 3 rings (SSSR count). The van der Waals surface area contributed by atoms with Crippen LogP contribution in [-0.4, -0.2) is 39.6 Å². The topological polar surface area (TPSA) is 97.0 Å². The second-order valence-corrected chi connectivity index (χ2v) is 6.79. The summed E-state index contributed by atoms with van der Waals surface area (Å²) in [5.74, 6) is -0.628. The lowest BCUT2D eigenvalue weighted by molar-refractivity contribution is 0.0990. The smallest absolute Gasteiger partial charge is 0.318 e. The third-order valence-corrected chi connectivity index (χ3v) is 4.81. The molecule has 0 aliphatic carbocycles. The lowest BCUT2D eigenvalue weighted by atomic mass is 10.2. The molecule has 0 fully saturated rings. The minimum absolute atomic E-state index is 0.120. The van der Waals surface area contributed by atoms with Crippen molar-refractivity contribution in [2.45, 2.75) is 10.9 Å². The summed E-state index contributed by atoms with van der Waals surface area (Å²) in [5.41, 5.74) is 1.10. The van der Waals surface area contributed by atoms with Crippen LogP contribution in [0.5, 0.6) is 0 Å². The lowest BCUT2D eigenvalue weighted by Gasteiger charge is -2.13. The summed E-state index contributed by atoms with van der Waals surface area (Å²) in [5, 5.41) is 18.4. The van der Waals surface area contributed by atoms with Crippen LogP contribution in [0.3, 0.4) is 0 Å². The Morgan fingerprint density at radius 1 is 1.25 bits per heavy atom. The van der Waals surface area contributed by atoms with Crippen molar-refractivity contribution in [2.75, 3.05) is 23.5 Å². The van der Waals surface area contributed by atoms with E-state index in [0.29, 0.717) is 11.7 Å². The van der Waals surface area contributed by atoms with E-state index in [1.54, 1.807) is 4.90 Å². The molecule has 0 aliphatic rings. The Bertz CT molecular complexity index is 820. The molecule has 0 saturated heterocycles. The van der Waals surface area contributed by atoms with Crippen molar-refractivity contribution in [1.29, 1.82) is 0 Å². The molecule has 1 aromatic carbocycles. The van der Waals surface area contributed by atoms with Crippen LogP contribution in [0.25, 0.3) is 0 Å². The van der Waals surface area contributed by atoms with E-state index in [9.17, 15) is 4.79 Å². The lowest BCUT2D eigenvalue weighted by Crippen LogP contribution is -2.16. The Morgan fingerprint density at radius 2 is 2.04 bits per heavy atom. The second-order valence-electron chi connectivity index (χ2n) is 4.76. The number of nitrogens with one attached hydrogen (secondary N) is 1. The predicted molar refractivity (Wildman–Crippen MR) is 92.5 cm³/mol. The van der Waals surface area contributed by atoms with E-state index in [1.165, 1.54) is 23.1 Å². The van der Waals surface area contributed by atoms with Gasteiger partial charge in [0.1, 0.15) is 0 Å². The van der Waals surface area contributed by atoms with E-state index >= 15 is 0 Å². The van der Waals surface area contributed by atoms with E-state index in [4.69, 9.17) is 4.42 Å². The van der Waals surface area contributed by atoms with Crippen LogP contribution in [-0.2, 0) is 6.54 Å². The van der Waals surface area contributed by atoms with Crippen molar-refractivity contribution in [3.05, 3.63) is 41.8 Å². The van der Waals surface area contributed by atoms with Gasteiger partial charge in [-0.25, -0.2) is 0 Å². The summed E-state index contributed by atoms with van der Waals surface area (Å²) in [4.78, 5) is 13.9. The molecule has 0 radical (unpaired) electrons. The first-order valence-corrected chi connectivity index (χ1v) is 8.97. The van der Waals surface area contributed by atoms with Crippen LogP contribution in [0.2, 0.25) is 0 Å². The third-order valence-electron chi connectivity index (χ3n) is 3.00. The van der Waals surface area contributed by atoms with Gasteiger partial charge >= 0.3 is 17.8 Å². The molecule has 0 unspecified atom stereocenters. The molecule has 0 aliphatic heterocycles. The first kappa shape index (κ1) is 16.4. The van der Waals surface area contributed by atoms with Gasteiger partial charge < -0.3 is 9.32 Å². The van der Waals surface area contributed by atoms with Crippen molar-refractivity contribution in [3.63, 3.8) is 0 Å². The Balaban J connectivity index is 1.64. The average Bonchev–Trinajstić information content (AvgIpc) is 3.25. The predicted octanol–water partition coefficient (Wildman–Crippen LogP) is 2.53. The van der Waals surface area contributed by atoms with Gasteiger partial charge in [-0.3, -0.25) is 10.1 Å². The van der Waals surface area contributed by atoms with Crippen LogP contribution in [0.4, 0.5) is 11.1 Å². The molecule has 2 heterocycles. The van der Waals surface area contributed by atoms with Gasteiger partial charge in [-0.2, -0.15) is 0 Å². The van der Waals surface area contributed by atoms with E-state index in [-0.39, 0.29) is 11.9 Å². The van der Waals surface area contributed by atoms with Crippen LogP contribution in [0, 0.1) is 0 Å². The van der Waals surface area contributed by atoms with Gasteiger partial charge in [0, 0.05) is 13.6 Å². The van der Waals surface area contributed by atoms with Gasteiger partial charge in [-0.05, 0) is 11.8 Å². The molecule has 1 amide bonds. The fourth-order valence-corrected chi connectivity index (χ4v) is 3.04. The molecular weight excluding hydrogens is 348 g/mol. The number of hydrogen-bond donors (Lipinski definition) is 1. The van der Waals surface area contributed by atoms with E-state index in [0.717, 1.165) is 9.90 Å². The van der Waals surface area contributed by atoms with Gasteiger partial charge in [0.25, 0.3) is 0 Å². The van der Waals surface area contributed by atoms with Crippen molar-refractivity contribution in [1.82, 2.24) is 20.4 Å². The van der Waals surface area contributed by atoms with Gasteiger partial charge in [-0.15, -0.1) is 15.3 Å². The van der Waals surface area contributed by atoms with Gasteiger partial charge in [-0.1, -0.05) is 58.5 Å². The van der Waals surface area contributed by atoms with Crippen LogP contribution in [0.15, 0.2) is 39.1 Å². The van der Waals surface area contributed by atoms with E-state index < -0.39 is 5.91 Å². The zero-order valence-corrected chi connectivity index (χ0v) is 14.6. The molecule has 8 nitrogen and oxygen atoms in total. The average molecular weight is 362 g/mol. The molecule has 2 aromatic heterocycles. The third kappa shape index (κ3) is 3.89. The summed E-state index contributed by atoms with van der Waals surface area (Å²) in [6, 6.07) is 10.1. The fraction of sp³-hybridized carbons (Fsp3) is 0.214. The Hall–Kier alpha value is -2.46. The quantitative estimate of drug-likeness (QED) is 0.528. The molecule has 0 saturated carbocycles. The first-order chi connectivity index (χ1) is 11.7. The summed E-state index contributed by atoms with van der Waals surface area (Å²) in [7, 11) is 1.82. The molecule has 10 heteroatoms. The van der Waals surface area contributed by atoms with Gasteiger partial charge in [0.2, 0.25) is 5.13 Å². The number of benzene rings is 1. The van der Waals surface area contributed by atoms with E-state index in [1.807, 2.05) is 43.6 Å². The highest BCUT2D eigenvalue weighted by atomic mass is 32.2. The second kappa shape index (κ2) is 7.41. The molecule has 1 N–H and O–H groups in total. The highest BCUT2D eigenvalue weighted by molar-refractivity contribution is 8.00. The van der Waals surface area contributed by atoms with E-state index in [2.05, 4.69) is 25.7 Å². The molecule has 0 bridgehead atoms. The zero-order chi connectivity index (χ0) is 16.9. The van der Waals surface area contributed by atoms with Crippen molar-refractivity contribution < 1.29 is 9.21 Å². The molecule has 0 spiro atoms. The van der Waals surface area contributed by atoms with Crippen molar-refractivity contribution in [2.24, 2.45) is 0 Å². The number of carbonyl (C=O) groups excluding carboxylic acids is 1. The number of amides is 1. The molecule has 0 atom stereocenters. The summed E-state index contributed by atoms with van der Waals surface area (Å²) >= 11 is 2.74. The molecule has 124 valence electrons. The van der Waals surface area contributed by atoms with Crippen LogP contribution in [0.1, 0.15) is 16.2 Å². The minimum atomic E-state index is -0.509. The molecular formula is C14H14N6O2S2. The Labute approximate surface area is 146 Å². The molecule has 3 aromatic rings. The van der Waals surface area contributed by atoms with Gasteiger partial charge in [0.05, 0.1) is 0 Å². The fourth-order valence-electron chi connectivity index (χ4n) is 1.88. The molecule has 24 heavy (non-hydrogen) atoms. The summed E-state index contributed by atoms with van der Waals surface area (Å²) in [6.45, 7) is 0.595. The minimum Gasteiger partial charge on any atom is -0.399 e. The highest BCUT2D eigenvalue weighted by Gasteiger charge is 2.19. The number of rotatable bonds is 6. The maximum atomic E-state index is 12.1. The maximum absolute atomic E-state index is 12.1. The van der Waals surface area contributed by atoms with Crippen LogP contribution < -0.4 is 10.2 Å². The monoisotopic (exact) mass is 362 g/mol. The zero-order valence-electron chi connectivity index (χ0n) is 13.0. The highest BCUT2D eigenvalue weighted by Crippen LogP contribution is 2.23. The Kier molecular flexibility index (Phi) is 5.06. The number of nitrogens with zero attached hydrogens (tertiary/aromatic N) is 5.